The van der Waals surface area contributed by atoms with Crippen LogP contribution in [0.2, 0.25) is 0 Å². The Labute approximate surface area is 131 Å². The summed E-state index contributed by atoms with van der Waals surface area (Å²) in [5.41, 5.74) is 1.59. The Hall–Kier alpha value is -2.16. The van der Waals surface area contributed by atoms with Crippen molar-refractivity contribution in [2.45, 2.75) is 33.2 Å². The Morgan fingerprint density at radius 1 is 1.05 bits per heavy atom. The highest BCUT2D eigenvalue weighted by Crippen LogP contribution is 2.29. The van der Waals surface area contributed by atoms with Crippen molar-refractivity contribution in [2.24, 2.45) is 5.41 Å². The van der Waals surface area contributed by atoms with E-state index in [1.165, 1.54) is 12.1 Å². The average Bonchev–Trinajstić information content (AvgIpc) is 2.47. The molecule has 3 heteroatoms. The van der Waals surface area contributed by atoms with E-state index >= 15 is 0 Å². The summed E-state index contributed by atoms with van der Waals surface area (Å²) in [6.07, 6.45) is 0.775. The molecule has 1 N–H and O–H groups in total. The minimum atomic E-state index is -0.271. The van der Waals surface area contributed by atoms with Crippen LogP contribution in [0.3, 0.4) is 0 Å². The smallest absolute Gasteiger partial charge is 0.251 e. The Morgan fingerprint density at radius 3 is 2.18 bits per heavy atom. The first-order chi connectivity index (χ1) is 10.3. The second-order valence-corrected chi connectivity index (χ2v) is 6.71. The molecule has 0 heterocycles. The molecule has 116 valence electrons. The summed E-state index contributed by atoms with van der Waals surface area (Å²) in [5.74, 6) is -0.383. The van der Waals surface area contributed by atoms with Crippen molar-refractivity contribution < 1.29 is 9.18 Å². The zero-order valence-electron chi connectivity index (χ0n) is 13.3. The molecule has 2 aromatic carbocycles. The van der Waals surface area contributed by atoms with Crippen LogP contribution in [0.25, 0.3) is 0 Å². The molecule has 0 saturated heterocycles. The van der Waals surface area contributed by atoms with Gasteiger partial charge in [-0.3, -0.25) is 4.79 Å². The number of hydrogen-bond acceptors (Lipinski definition) is 1. The van der Waals surface area contributed by atoms with Crippen molar-refractivity contribution in [3.8, 4) is 0 Å². The highest BCUT2D eigenvalue weighted by Gasteiger charge is 2.22. The van der Waals surface area contributed by atoms with Crippen LogP contribution in [-0.2, 0) is 0 Å². The fourth-order valence-corrected chi connectivity index (χ4v) is 2.39. The zero-order chi connectivity index (χ0) is 16.2. The van der Waals surface area contributed by atoms with Crippen LogP contribution in [0.5, 0.6) is 0 Å². The SMILES string of the molecule is CC(C)(C)C[C@@H](NC(=O)c1ccccc1)c1ccc(F)cc1. The monoisotopic (exact) mass is 299 g/mol. The molecule has 0 aliphatic heterocycles. The lowest BCUT2D eigenvalue weighted by Gasteiger charge is -2.27. The summed E-state index contributed by atoms with van der Waals surface area (Å²) in [4.78, 5) is 12.4. The number of benzene rings is 2. The molecule has 0 aliphatic rings. The molecule has 0 bridgehead atoms. The van der Waals surface area contributed by atoms with Gasteiger partial charge in [-0.2, -0.15) is 0 Å². The molecule has 2 nitrogen and oxygen atoms in total. The largest absolute Gasteiger partial charge is 0.345 e. The van der Waals surface area contributed by atoms with E-state index < -0.39 is 0 Å². The quantitative estimate of drug-likeness (QED) is 0.868. The Balaban J connectivity index is 2.21. The second-order valence-electron chi connectivity index (χ2n) is 6.71. The number of nitrogens with one attached hydrogen (secondary N) is 1. The highest BCUT2D eigenvalue weighted by molar-refractivity contribution is 5.94. The van der Waals surface area contributed by atoms with Crippen LogP contribution in [0.1, 0.15) is 49.2 Å². The van der Waals surface area contributed by atoms with Gasteiger partial charge in [0.05, 0.1) is 6.04 Å². The van der Waals surface area contributed by atoms with E-state index in [2.05, 4.69) is 26.1 Å². The molecule has 0 radical (unpaired) electrons. The molecule has 1 atom stereocenters. The molecule has 2 rings (SSSR count). The van der Waals surface area contributed by atoms with Gasteiger partial charge >= 0.3 is 0 Å². The number of amides is 1. The summed E-state index contributed by atoms with van der Waals surface area (Å²) in [5, 5.41) is 3.06. The molecular weight excluding hydrogens is 277 g/mol. The summed E-state index contributed by atoms with van der Waals surface area (Å²) in [7, 11) is 0. The first-order valence-electron chi connectivity index (χ1n) is 7.46. The van der Waals surface area contributed by atoms with Crippen molar-refractivity contribution in [3.05, 3.63) is 71.5 Å². The van der Waals surface area contributed by atoms with Gasteiger partial charge in [0.2, 0.25) is 0 Å². The van der Waals surface area contributed by atoms with Gasteiger partial charge in [0.15, 0.2) is 0 Å². The maximum atomic E-state index is 13.1. The number of halogens is 1. The molecule has 0 fully saturated rings. The molecular formula is C19H22FNO. The van der Waals surface area contributed by atoms with Gasteiger partial charge in [0.1, 0.15) is 5.82 Å². The van der Waals surface area contributed by atoms with E-state index in [4.69, 9.17) is 0 Å². The number of hydrogen-bond donors (Lipinski definition) is 1. The molecule has 0 aromatic heterocycles. The lowest BCUT2D eigenvalue weighted by molar-refractivity contribution is 0.0926. The van der Waals surface area contributed by atoms with Crippen LogP contribution in [0.15, 0.2) is 54.6 Å². The second kappa shape index (κ2) is 6.73. The van der Waals surface area contributed by atoms with Crippen molar-refractivity contribution >= 4 is 5.91 Å². The molecule has 22 heavy (non-hydrogen) atoms. The topological polar surface area (TPSA) is 29.1 Å². The number of carbonyl (C=O) groups is 1. The highest BCUT2D eigenvalue weighted by atomic mass is 19.1. The lowest BCUT2D eigenvalue weighted by Crippen LogP contribution is -2.31. The fourth-order valence-electron chi connectivity index (χ4n) is 2.39. The zero-order valence-corrected chi connectivity index (χ0v) is 13.3. The van der Waals surface area contributed by atoms with E-state index in [1.54, 1.807) is 24.3 Å². The van der Waals surface area contributed by atoms with Gasteiger partial charge in [0.25, 0.3) is 5.91 Å². The van der Waals surface area contributed by atoms with Crippen molar-refractivity contribution in [3.63, 3.8) is 0 Å². The predicted octanol–water partition coefficient (Wildman–Crippen LogP) is 4.73. The maximum absolute atomic E-state index is 13.1. The Morgan fingerprint density at radius 2 is 1.64 bits per heavy atom. The minimum Gasteiger partial charge on any atom is -0.345 e. The first-order valence-corrected chi connectivity index (χ1v) is 7.46. The maximum Gasteiger partial charge on any atom is 0.251 e. The van der Waals surface area contributed by atoms with Crippen molar-refractivity contribution in [2.75, 3.05) is 0 Å². The van der Waals surface area contributed by atoms with Crippen LogP contribution in [0.4, 0.5) is 4.39 Å². The third-order valence-corrected chi connectivity index (χ3v) is 3.43. The van der Waals surface area contributed by atoms with E-state index in [0.717, 1.165) is 12.0 Å². The van der Waals surface area contributed by atoms with E-state index in [0.29, 0.717) is 5.56 Å². The van der Waals surface area contributed by atoms with Gasteiger partial charge in [0, 0.05) is 5.56 Å². The van der Waals surface area contributed by atoms with Crippen LogP contribution < -0.4 is 5.32 Å². The summed E-state index contributed by atoms with van der Waals surface area (Å²) in [6, 6.07) is 15.3. The van der Waals surface area contributed by atoms with Gasteiger partial charge in [-0.1, -0.05) is 51.1 Å². The average molecular weight is 299 g/mol. The fraction of sp³-hybridized carbons (Fsp3) is 0.316. The van der Waals surface area contributed by atoms with Gasteiger partial charge < -0.3 is 5.32 Å². The van der Waals surface area contributed by atoms with Crippen LogP contribution in [0, 0.1) is 11.2 Å². The van der Waals surface area contributed by atoms with Gasteiger partial charge in [-0.05, 0) is 41.7 Å². The van der Waals surface area contributed by atoms with E-state index in [-0.39, 0.29) is 23.2 Å². The summed E-state index contributed by atoms with van der Waals surface area (Å²) in [6.45, 7) is 6.37. The standard InChI is InChI=1S/C19H22FNO/c1-19(2,3)13-17(14-9-11-16(20)12-10-14)21-18(22)15-7-5-4-6-8-15/h4-12,17H,13H2,1-3H3,(H,21,22)/t17-/m1/s1. The molecule has 1 amide bonds. The summed E-state index contributed by atoms with van der Waals surface area (Å²) >= 11 is 0. The normalized spacial score (nSPS) is 12.7. The Bertz CT molecular complexity index is 614. The van der Waals surface area contributed by atoms with Crippen LogP contribution >= 0.6 is 0 Å². The van der Waals surface area contributed by atoms with Gasteiger partial charge in [-0.15, -0.1) is 0 Å². The predicted molar refractivity (Wildman–Crippen MR) is 87.1 cm³/mol. The molecule has 0 saturated carbocycles. The van der Waals surface area contributed by atoms with E-state index in [1.807, 2.05) is 18.2 Å². The lowest BCUT2D eigenvalue weighted by atomic mass is 9.85. The first kappa shape index (κ1) is 16.2. The van der Waals surface area contributed by atoms with Crippen molar-refractivity contribution in [1.82, 2.24) is 5.32 Å². The van der Waals surface area contributed by atoms with Gasteiger partial charge in [-0.25, -0.2) is 4.39 Å². The summed E-state index contributed by atoms with van der Waals surface area (Å²) < 4.78 is 13.1. The third-order valence-electron chi connectivity index (χ3n) is 3.43. The third kappa shape index (κ3) is 4.69. The minimum absolute atomic E-state index is 0.0447. The molecule has 2 aromatic rings. The molecule has 0 aliphatic carbocycles. The van der Waals surface area contributed by atoms with E-state index in [9.17, 15) is 9.18 Å². The number of rotatable bonds is 4. The van der Waals surface area contributed by atoms with Crippen LogP contribution in [-0.4, -0.2) is 5.91 Å². The molecule has 0 unspecified atom stereocenters. The number of carbonyl (C=O) groups excluding carboxylic acids is 1. The Kier molecular flexibility index (Phi) is 4.96. The van der Waals surface area contributed by atoms with Crippen molar-refractivity contribution in [1.29, 1.82) is 0 Å². The molecule has 0 spiro atoms.